The molecule has 0 spiro atoms. The molecule has 0 aliphatic rings. The van der Waals surface area contributed by atoms with E-state index in [2.05, 4.69) is 6.30 Å². The number of rotatable bonds is 12. The Kier molecular flexibility index (Phi) is 11.2. The molecule has 7 heteroatoms. The standard InChI is InChI=1S/C10H23O6P/c1-17(2,15-9-7-13-5-3-11)16-10-8-14-6-4-12/h11-12H,1,3-10H2,2H3. The lowest BCUT2D eigenvalue weighted by atomic mass is 10.7. The molecule has 0 heterocycles. The van der Waals surface area contributed by atoms with Gasteiger partial charge in [-0.25, -0.2) is 0 Å². The fraction of sp³-hybridized carbons (Fsp3) is 0.900. The van der Waals surface area contributed by atoms with Crippen LogP contribution in [0, 0.1) is 0 Å². The normalized spacial score (nSPS) is 11.9. The molecule has 0 rings (SSSR count). The fourth-order valence-corrected chi connectivity index (χ4v) is 1.95. The van der Waals surface area contributed by atoms with Crippen molar-refractivity contribution in [2.75, 3.05) is 59.5 Å². The van der Waals surface area contributed by atoms with Crippen LogP contribution in [0.2, 0.25) is 0 Å². The number of hydrogen-bond acceptors (Lipinski definition) is 6. The predicted octanol–water partition coefficient (Wildman–Crippen LogP) is -0.0532. The Bertz CT molecular complexity index is 193. The smallest absolute Gasteiger partial charge is 0.114 e. The number of aliphatic hydroxyl groups is 2. The summed E-state index contributed by atoms with van der Waals surface area (Å²) in [4.78, 5) is 0. The number of aliphatic hydroxyl groups excluding tert-OH is 2. The van der Waals surface area contributed by atoms with Crippen LogP contribution in [-0.4, -0.2) is 76.0 Å². The molecule has 0 aromatic carbocycles. The van der Waals surface area contributed by atoms with Gasteiger partial charge in [0.15, 0.2) is 0 Å². The molecular weight excluding hydrogens is 247 g/mol. The molecule has 17 heavy (non-hydrogen) atoms. The van der Waals surface area contributed by atoms with Gasteiger partial charge in [-0.1, -0.05) is 6.30 Å². The van der Waals surface area contributed by atoms with E-state index in [0.717, 1.165) is 0 Å². The molecule has 0 aliphatic heterocycles. The molecule has 0 unspecified atom stereocenters. The first kappa shape index (κ1) is 17.1. The van der Waals surface area contributed by atoms with E-state index in [-0.39, 0.29) is 13.2 Å². The monoisotopic (exact) mass is 270 g/mol. The van der Waals surface area contributed by atoms with Gasteiger partial charge in [-0.15, -0.1) is 0 Å². The van der Waals surface area contributed by atoms with Crippen molar-refractivity contribution in [2.24, 2.45) is 0 Å². The minimum absolute atomic E-state index is 0.00941. The van der Waals surface area contributed by atoms with Crippen molar-refractivity contribution in [1.82, 2.24) is 0 Å². The Balaban J connectivity index is 3.42. The molecule has 6 nitrogen and oxygen atoms in total. The number of hydrogen-bond donors (Lipinski definition) is 2. The second kappa shape index (κ2) is 11.2. The van der Waals surface area contributed by atoms with Crippen LogP contribution in [0.3, 0.4) is 0 Å². The third kappa shape index (κ3) is 12.3. The van der Waals surface area contributed by atoms with Gasteiger partial charge >= 0.3 is 0 Å². The molecule has 0 amide bonds. The van der Waals surface area contributed by atoms with Crippen LogP contribution in [0.25, 0.3) is 0 Å². The topological polar surface area (TPSA) is 77.4 Å². The third-order valence-electron chi connectivity index (χ3n) is 1.66. The summed E-state index contributed by atoms with van der Waals surface area (Å²) >= 11 is 0. The Morgan fingerprint density at radius 2 is 1.24 bits per heavy atom. The zero-order chi connectivity index (χ0) is 13.0. The van der Waals surface area contributed by atoms with Gasteiger partial charge in [-0.2, -0.15) is 0 Å². The molecular formula is C10H23O6P. The van der Waals surface area contributed by atoms with E-state index < -0.39 is 7.34 Å². The van der Waals surface area contributed by atoms with Crippen molar-refractivity contribution < 1.29 is 28.7 Å². The molecule has 0 atom stereocenters. The Morgan fingerprint density at radius 3 is 1.59 bits per heavy atom. The molecule has 0 saturated heterocycles. The van der Waals surface area contributed by atoms with Crippen molar-refractivity contribution in [3.63, 3.8) is 0 Å². The molecule has 0 aromatic rings. The molecule has 0 aliphatic carbocycles. The van der Waals surface area contributed by atoms with E-state index in [1.165, 1.54) is 0 Å². The summed E-state index contributed by atoms with van der Waals surface area (Å²) in [5, 5.41) is 17.0. The van der Waals surface area contributed by atoms with E-state index in [0.29, 0.717) is 39.6 Å². The average molecular weight is 270 g/mol. The second-order valence-electron chi connectivity index (χ2n) is 3.35. The lowest BCUT2D eigenvalue weighted by molar-refractivity contribution is 0.0589. The summed E-state index contributed by atoms with van der Waals surface area (Å²) < 4.78 is 21.0. The van der Waals surface area contributed by atoms with Gasteiger partial charge in [-0.3, -0.25) is 0 Å². The van der Waals surface area contributed by atoms with E-state index in [1.807, 2.05) is 6.66 Å². The highest BCUT2D eigenvalue weighted by Gasteiger charge is 2.07. The SMILES string of the molecule is C=P(C)(OCCOCCO)OCCOCCO. The van der Waals surface area contributed by atoms with Crippen molar-refractivity contribution in [3.8, 4) is 0 Å². The maximum Gasteiger partial charge on any atom is 0.114 e. The Hall–Kier alpha value is 0.0600. The lowest BCUT2D eigenvalue weighted by Gasteiger charge is -2.20. The maximum atomic E-state index is 8.48. The summed E-state index contributed by atoms with van der Waals surface area (Å²) in [6, 6.07) is 0. The zero-order valence-electron chi connectivity index (χ0n) is 10.3. The van der Waals surface area contributed by atoms with Gasteiger partial charge < -0.3 is 28.7 Å². The van der Waals surface area contributed by atoms with Crippen LogP contribution in [0.1, 0.15) is 0 Å². The minimum atomic E-state index is -2.07. The highest BCUT2D eigenvalue weighted by atomic mass is 31.2. The average Bonchev–Trinajstić information content (AvgIpc) is 2.28. The Morgan fingerprint density at radius 1 is 0.824 bits per heavy atom. The van der Waals surface area contributed by atoms with Gasteiger partial charge in [0.2, 0.25) is 0 Å². The molecule has 0 aromatic heterocycles. The highest BCUT2D eigenvalue weighted by Crippen LogP contribution is 2.42. The third-order valence-corrected chi connectivity index (χ3v) is 3.11. The van der Waals surface area contributed by atoms with E-state index in [1.54, 1.807) is 0 Å². The summed E-state index contributed by atoms with van der Waals surface area (Å²) in [6.07, 6.45) is 3.86. The van der Waals surface area contributed by atoms with E-state index in [4.69, 9.17) is 28.7 Å². The maximum absolute atomic E-state index is 8.48. The Labute approximate surface area is 103 Å². The van der Waals surface area contributed by atoms with Gasteiger partial charge in [0.1, 0.15) is 7.34 Å². The molecule has 2 N–H and O–H groups in total. The van der Waals surface area contributed by atoms with Crippen LogP contribution in [0.5, 0.6) is 0 Å². The first-order valence-electron chi connectivity index (χ1n) is 5.49. The van der Waals surface area contributed by atoms with Crippen LogP contribution in [0.15, 0.2) is 0 Å². The van der Waals surface area contributed by atoms with Crippen LogP contribution in [-0.2, 0) is 18.5 Å². The van der Waals surface area contributed by atoms with Crippen molar-refractivity contribution in [3.05, 3.63) is 0 Å². The van der Waals surface area contributed by atoms with Crippen LogP contribution < -0.4 is 0 Å². The molecule has 0 bridgehead atoms. The molecule has 0 fully saturated rings. The van der Waals surface area contributed by atoms with E-state index in [9.17, 15) is 0 Å². The largest absolute Gasteiger partial charge is 0.394 e. The predicted molar refractivity (Wildman–Crippen MR) is 67.7 cm³/mol. The van der Waals surface area contributed by atoms with Crippen molar-refractivity contribution in [1.29, 1.82) is 0 Å². The van der Waals surface area contributed by atoms with Crippen LogP contribution in [0.4, 0.5) is 0 Å². The quantitative estimate of drug-likeness (QED) is 0.382. The van der Waals surface area contributed by atoms with Gasteiger partial charge in [0, 0.05) is 6.66 Å². The van der Waals surface area contributed by atoms with Gasteiger partial charge in [0.05, 0.1) is 52.9 Å². The summed E-state index contributed by atoms with van der Waals surface area (Å²) in [5.41, 5.74) is 0. The first-order chi connectivity index (χ1) is 8.12. The molecule has 104 valence electrons. The molecule has 0 saturated carbocycles. The van der Waals surface area contributed by atoms with E-state index >= 15 is 0 Å². The van der Waals surface area contributed by atoms with Crippen molar-refractivity contribution >= 4 is 13.6 Å². The minimum Gasteiger partial charge on any atom is -0.394 e. The fourth-order valence-electron chi connectivity index (χ4n) is 0.949. The summed E-state index contributed by atoms with van der Waals surface area (Å²) in [6.45, 7) is 4.07. The lowest BCUT2D eigenvalue weighted by Crippen LogP contribution is -2.09. The summed E-state index contributed by atoms with van der Waals surface area (Å²) in [7, 11) is -2.07. The number of ether oxygens (including phenoxy) is 2. The highest BCUT2D eigenvalue weighted by molar-refractivity contribution is 7.63. The first-order valence-corrected chi connectivity index (χ1v) is 7.75. The zero-order valence-corrected chi connectivity index (χ0v) is 11.2. The summed E-state index contributed by atoms with van der Waals surface area (Å²) in [5.74, 6) is 0. The molecule has 0 radical (unpaired) electrons. The van der Waals surface area contributed by atoms with Crippen LogP contribution >= 0.6 is 7.34 Å². The van der Waals surface area contributed by atoms with Gasteiger partial charge in [0.25, 0.3) is 0 Å². The van der Waals surface area contributed by atoms with Crippen molar-refractivity contribution in [2.45, 2.75) is 0 Å². The van der Waals surface area contributed by atoms with Gasteiger partial charge in [-0.05, 0) is 0 Å². The second-order valence-corrected chi connectivity index (χ2v) is 5.90.